The van der Waals surface area contributed by atoms with Crippen molar-refractivity contribution < 1.29 is 29.1 Å². The fraction of sp³-hybridized carbons (Fsp3) is 0.412. The summed E-state index contributed by atoms with van der Waals surface area (Å²) in [7, 11) is 0. The van der Waals surface area contributed by atoms with Gasteiger partial charge in [-0.05, 0) is 33.7 Å². The first-order valence-corrected chi connectivity index (χ1v) is 14.0. The number of phenols is 1. The lowest BCUT2D eigenvalue weighted by Crippen LogP contribution is -2.73. The summed E-state index contributed by atoms with van der Waals surface area (Å²) < 4.78 is 19.0. The van der Waals surface area contributed by atoms with E-state index in [0.717, 1.165) is 44.0 Å². The van der Waals surface area contributed by atoms with E-state index in [1.54, 1.807) is 6.07 Å². The molecule has 2 fully saturated rings. The van der Waals surface area contributed by atoms with E-state index >= 15 is 0 Å². The molecule has 2 saturated heterocycles. The molecular weight excluding hydrogens is 504 g/mol. The van der Waals surface area contributed by atoms with Gasteiger partial charge in [0.05, 0.1) is 13.2 Å². The monoisotopic (exact) mass is 540 g/mol. The standard InChI is InChI=1S/C34H36O6/c1-30(2,3)34-31(4,5)19-37-33(34,39-40-34)25-17-26(35)27(24-15-11-10-14-23(24)25)28-22-13-9-8-12-20(22)16-21-18-36-32(6,7)38-29(21)28/h8-17,35H,18-19H2,1-7H3/t33-,34-/m1/s1. The molecule has 3 heterocycles. The molecule has 208 valence electrons. The van der Waals surface area contributed by atoms with Gasteiger partial charge in [0.1, 0.15) is 11.5 Å². The maximum atomic E-state index is 12.0. The molecule has 6 nitrogen and oxygen atoms in total. The van der Waals surface area contributed by atoms with Crippen LogP contribution in [0.4, 0.5) is 0 Å². The lowest BCUT2D eigenvalue weighted by Gasteiger charge is -2.61. The topological polar surface area (TPSA) is 66.4 Å². The van der Waals surface area contributed by atoms with Crippen LogP contribution in [0.15, 0.2) is 60.7 Å². The molecule has 0 saturated carbocycles. The highest BCUT2D eigenvalue weighted by atomic mass is 17.3. The van der Waals surface area contributed by atoms with Crippen LogP contribution >= 0.6 is 0 Å². The lowest BCUT2D eigenvalue weighted by molar-refractivity contribution is -0.626. The van der Waals surface area contributed by atoms with E-state index in [1.165, 1.54) is 0 Å². The molecule has 3 aliphatic heterocycles. The first-order chi connectivity index (χ1) is 18.8. The smallest absolute Gasteiger partial charge is 0.262 e. The molecule has 40 heavy (non-hydrogen) atoms. The van der Waals surface area contributed by atoms with Crippen molar-refractivity contribution in [1.29, 1.82) is 0 Å². The quantitative estimate of drug-likeness (QED) is 0.260. The number of fused-ring (bicyclic) bond motifs is 4. The molecule has 6 heteroatoms. The molecular formula is C34H36O6. The van der Waals surface area contributed by atoms with Gasteiger partial charge in [0.15, 0.2) is 5.60 Å². The third-order valence-corrected chi connectivity index (χ3v) is 9.02. The molecule has 0 unspecified atom stereocenters. The second kappa shape index (κ2) is 7.98. The first kappa shape index (κ1) is 25.8. The number of hydrogen-bond donors (Lipinski definition) is 1. The van der Waals surface area contributed by atoms with Crippen LogP contribution in [0, 0.1) is 10.8 Å². The minimum absolute atomic E-state index is 0.126. The van der Waals surface area contributed by atoms with Crippen molar-refractivity contribution in [1.82, 2.24) is 0 Å². The summed E-state index contributed by atoms with van der Waals surface area (Å²) in [6, 6.07) is 20.2. The highest BCUT2D eigenvalue weighted by molar-refractivity contribution is 6.11. The van der Waals surface area contributed by atoms with Crippen LogP contribution in [-0.2, 0) is 31.6 Å². The van der Waals surface area contributed by atoms with Crippen LogP contribution in [0.2, 0.25) is 0 Å². The second-order valence-electron chi connectivity index (χ2n) is 13.5. The molecule has 0 bridgehead atoms. The van der Waals surface area contributed by atoms with E-state index in [9.17, 15) is 5.11 Å². The number of rotatable bonds is 2. The van der Waals surface area contributed by atoms with Crippen LogP contribution in [0.25, 0.3) is 32.7 Å². The van der Waals surface area contributed by atoms with E-state index in [4.69, 9.17) is 24.0 Å². The normalized spacial score (nSPS) is 26.7. The Morgan fingerprint density at radius 2 is 1.45 bits per heavy atom. The molecule has 4 aromatic carbocycles. The Labute approximate surface area is 234 Å². The van der Waals surface area contributed by atoms with E-state index in [0.29, 0.717) is 18.8 Å². The van der Waals surface area contributed by atoms with Gasteiger partial charge >= 0.3 is 0 Å². The van der Waals surface area contributed by atoms with E-state index in [2.05, 4.69) is 58.9 Å². The molecule has 0 radical (unpaired) electrons. The van der Waals surface area contributed by atoms with E-state index in [-0.39, 0.29) is 16.6 Å². The summed E-state index contributed by atoms with van der Waals surface area (Å²) in [6.07, 6.45) is 0. The van der Waals surface area contributed by atoms with Gasteiger partial charge in [0, 0.05) is 46.9 Å². The van der Waals surface area contributed by atoms with Crippen LogP contribution < -0.4 is 4.74 Å². The number of phenolic OH excluding ortho intramolecular Hbond substituents is 1. The Bertz CT molecular complexity index is 1700. The zero-order chi connectivity index (χ0) is 28.3. The lowest BCUT2D eigenvalue weighted by atomic mass is 9.57. The average molecular weight is 541 g/mol. The van der Waals surface area contributed by atoms with Gasteiger partial charge in [-0.3, -0.25) is 0 Å². The Morgan fingerprint density at radius 1 is 0.775 bits per heavy atom. The van der Waals surface area contributed by atoms with Crippen LogP contribution in [-0.4, -0.2) is 23.1 Å². The predicted octanol–water partition coefficient (Wildman–Crippen LogP) is 7.97. The Balaban J connectivity index is 1.56. The van der Waals surface area contributed by atoms with Crippen LogP contribution in [0.5, 0.6) is 11.5 Å². The zero-order valence-corrected chi connectivity index (χ0v) is 24.2. The van der Waals surface area contributed by atoms with Gasteiger partial charge in [-0.15, -0.1) is 0 Å². The number of aromatic hydroxyl groups is 1. The molecule has 0 spiro atoms. The first-order valence-electron chi connectivity index (χ1n) is 14.0. The fourth-order valence-electron chi connectivity index (χ4n) is 7.50. The van der Waals surface area contributed by atoms with Gasteiger partial charge in [-0.1, -0.05) is 83.1 Å². The van der Waals surface area contributed by atoms with Crippen molar-refractivity contribution in [3.63, 3.8) is 0 Å². The number of hydrogen-bond acceptors (Lipinski definition) is 6. The van der Waals surface area contributed by atoms with Crippen LogP contribution in [0.1, 0.15) is 59.6 Å². The van der Waals surface area contributed by atoms with Crippen molar-refractivity contribution in [2.24, 2.45) is 10.8 Å². The molecule has 1 N–H and O–H groups in total. The van der Waals surface area contributed by atoms with Gasteiger partial charge in [-0.2, -0.15) is 4.89 Å². The maximum absolute atomic E-state index is 12.0. The summed E-state index contributed by atoms with van der Waals surface area (Å²) in [5, 5.41) is 15.9. The maximum Gasteiger partial charge on any atom is 0.262 e. The Morgan fingerprint density at radius 3 is 2.12 bits per heavy atom. The number of ether oxygens (including phenoxy) is 3. The molecule has 3 aliphatic rings. The Hall–Kier alpha value is -3.16. The summed E-state index contributed by atoms with van der Waals surface area (Å²) >= 11 is 0. The highest BCUT2D eigenvalue weighted by Gasteiger charge is 2.81. The fourth-order valence-corrected chi connectivity index (χ4v) is 7.50. The van der Waals surface area contributed by atoms with Gasteiger partial charge in [-0.25, -0.2) is 4.89 Å². The summed E-state index contributed by atoms with van der Waals surface area (Å²) in [5.74, 6) is -1.12. The summed E-state index contributed by atoms with van der Waals surface area (Å²) in [4.78, 5) is 12.1. The van der Waals surface area contributed by atoms with Crippen molar-refractivity contribution in [2.45, 2.75) is 72.2 Å². The highest BCUT2D eigenvalue weighted by Crippen LogP contribution is 2.70. The molecule has 0 aliphatic carbocycles. The van der Waals surface area contributed by atoms with Gasteiger partial charge in [0.25, 0.3) is 5.79 Å². The third-order valence-electron chi connectivity index (χ3n) is 9.02. The second-order valence-corrected chi connectivity index (χ2v) is 13.5. The van der Waals surface area contributed by atoms with Gasteiger partial charge in [0.2, 0.25) is 5.79 Å². The minimum atomic E-state index is -1.17. The predicted molar refractivity (Wildman–Crippen MR) is 154 cm³/mol. The molecule has 4 aromatic rings. The minimum Gasteiger partial charge on any atom is -0.507 e. The van der Waals surface area contributed by atoms with Crippen molar-refractivity contribution in [2.75, 3.05) is 6.61 Å². The van der Waals surface area contributed by atoms with Crippen LogP contribution in [0.3, 0.4) is 0 Å². The largest absolute Gasteiger partial charge is 0.507 e. The van der Waals surface area contributed by atoms with E-state index < -0.39 is 17.2 Å². The molecule has 0 amide bonds. The van der Waals surface area contributed by atoms with Crippen molar-refractivity contribution >= 4 is 21.5 Å². The summed E-state index contributed by atoms with van der Waals surface area (Å²) in [5.41, 5.74) is 1.83. The SMILES string of the molecule is CC1(C)OCc2cc3ccccc3c(-c3c(O)cc([C@]45OCC(C)(C)[C@@]4(C(C)(C)C)OO5)c4ccccc34)c2O1. The zero-order valence-electron chi connectivity index (χ0n) is 24.2. The molecule has 0 aromatic heterocycles. The number of benzene rings is 4. The summed E-state index contributed by atoms with van der Waals surface area (Å²) in [6.45, 7) is 15.5. The van der Waals surface area contributed by atoms with Crippen molar-refractivity contribution in [3.8, 4) is 22.6 Å². The van der Waals surface area contributed by atoms with Gasteiger partial charge < -0.3 is 19.3 Å². The average Bonchev–Trinajstić information content (AvgIpc) is 3.03. The molecule has 7 rings (SSSR count). The third kappa shape index (κ3) is 3.13. The van der Waals surface area contributed by atoms with E-state index in [1.807, 2.05) is 44.2 Å². The van der Waals surface area contributed by atoms with Crippen molar-refractivity contribution in [3.05, 3.63) is 71.8 Å². The molecule has 2 atom stereocenters. The Kier molecular flexibility index (Phi) is 5.14.